The monoisotopic (exact) mass is 827 g/mol. The van der Waals surface area contributed by atoms with Crippen molar-refractivity contribution in [2.45, 2.75) is 19.3 Å². The van der Waals surface area contributed by atoms with Gasteiger partial charge in [0, 0.05) is 27.4 Å². The van der Waals surface area contributed by atoms with E-state index in [1.54, 1.807) is 0 Å². The van der Waals surface area contributed by atoms with Crippen LogP contribution >= 0.6 is 0 Å². The average Bonchev–Trinajstić information content (AvgIpc) is 3.84. The molecule has 304 valence electrons. The molecule has 0 unspecified atom stereocenters. The Balaban J connectivity index is 1.08. The molecule has 0 N–H and O–H groups in total. The van der Waals surface area contributed by atoms with Crippen molar-refractivity contribution in [1.29, 1.82) is 0 Å². The van der Waals surface area contributed by atoms with Gasteiger partial charge in [0.25, 0.3) is 0 Å². The molecule has 13 aromatic rings. The number of hydrogen-bond acceptors (Lipinski definition) is 2. The number of nitrogens with zero attached hydrogens (tertiary/aromatic N) is 1. The summed E-state index contributed by atoms with van der Waals surface area (Å²) in [5.74, 6) is 0. The summed E-state index contributed by atoms with van der Waals surface area (Å²) in [5, 5.41) is 17.0. The summed E-state index contributed by atoms with van der Waals surface area (Å²) < 4.78 is 7.26. The quantitative estimate of drug-likeness (QED) is 0.164. The molecule has 0 aliphatic heterocycles. The molecule has 0 radical (unpaired) electrons. The molecule has 0 atom stereocenters. The zero-order chi connectivity index (χ0) is 43.0. The van der Waals surface area contributed by atoms with Gasteiger partial charge in [-0.3, -0.25) is 0 Å². The molecule has 1 aromatic heterocycles. The van der Waals surface area contributed by atoms with Crippen LogP contribution in [0.1, 0.15) is 25.0 Å². The molecule has 0 fully saturated rings. The van der Waals surface area contributed by atoms with Crippen molar-refractivity contribution in [2.75, 3.05) is 4.90 Å². The minimum atomic E-state index is -0.168. The fraction of sp³-hybridized carbons (Fsp3) is 0.0476. The van der Waals surface area contributed by atoms with Crippen molar-refractivity contribution in [3.8, 4) is 22.3 Å². The van der Waals surface area contributed by atoms with Gasteiger partial charge in [0.15, 0.2) is 0 Å². The van der Waals surface area contributed by atoms with Crippen molar-refractivity contribution in [1.82, 2.24) is 0 Å². The van der Waals surface area contributed by atoms with Crippen LogP contribution in [-0.4, -0.2) is 0 Å². The summed E-state index contributed by atoms with van der Waals surface area (Å²) in [7, 11) is 0. The first-order chi connectivity index (χ1) is 32.0. The number of hydrogen-bond donors (Lipinski definition) is 0. The summed E-state index contributed by atoms with van der Waals surface area (Å²) in [5.41, 5.74) is 12.5. The van der Waals surface area contributed by atoms with Crippen LogP contribution in [0.4, 0.5) is 17.1 Å². The van der Waals surface area contributed by atoms with Crippen molar-refractivity contribution in [3.63, 3.8) is 0 Å². The number of anilines is 3. The number of furan rings is 1. The molecule has 1 heterocycles. The SMILES string of the molecule is CC1(C)c2ccccc2-c2ccc(N(c3cc4ccccc4c4ccccc34)c3cccc4oc5c(-c6ccc7c8ccccc8c8ccccc8c7c6)c6ccccc6cc5c34)cc21. The summed E-state index contributed by atoms with van der Waals surface area (Å²) in [6.07, 6.45) is 0. The second-order valence-electron chi connectivity index (χ2n) is 18.4. The molecule has 0 amide bonds. The topological polar surface area (TPSA) is 16.4 Å². The fourth-order valence-electron chi connectivity index (χ4n) is 11.6. The van der Waals surface area contributed by atoms with E-state index in [4.69, 9.17) is 4.42 Å². The molecular weight excluding hydrogens is 787 g/mol. The van der Waals surface area contributed by atoms with Crippen molar-refractivity contribution >= 4 is 104 Å². The Kier molecular flexibility index (Phi) is 7.49. The van der Waals surface area contributed by atoms with Gasteiger partial charge in [-0.15, -0.1) is 0 Å². The highest BCUT2D eigenvalue weighted by atomic mass is 16.3. The Hall–Kier alpha value is -8.20. The lowest BCUT2D eigenvalue weighted by atomic mass is 9.82. The van der Waals surface area contributed by atoms with Crippen LogP contribution in [0.5, 0.6) is 0 Å². The molecule has 0 bridgehead atoms. The van der Waals surface area contributed by atoms with Crippen molar-refractivity contribution < 1.29 is 4.42 Å². The summed E-state index contributed by atoms with van der Waals surface area (Å²) in [6.45, 7) is 4.73. The molecule has 1 aliphatic rings. The van der Waals surface area contributed by atoms with Crippen LogP contribution in [-0.2, 0) is 5.41 Å². The van der Waals surface area contributed by atoms with E-state index in [1.165, 1.54) is 86.9 Å². The zero-order valence-electron chi connectivity index (χ0n) is 36.1. The second-order valence-corrected chi connectivity index (χ2v) is 18.4. The largest absolute Gasteiger partial charge is 0.455 e. The minimum absolute atomic E-state index is 0.168. The van der Waals surface area contributed by atoms with E-state index in [2.05, 4.69) is 231 Å². The smallest absolute Gasteiger partial charge is 0.143 e. The number of rotatable bonds is 4. The van der Waals surface area contributed by atoms with E-state index in [9.17, 15) is 0 Å². The molecule has 0 spiro atoms. The Labute approximate surface area is 376 Å². The Morgan fingerprint density at radius 2 is 0.938 bits per heavy atom. The minimum Gasteiger partial charge on any atom is -0.455 e. The second kappa shape index (κ2) is 13.4. The summed E-state index contributed by atoms with van der Waals surface area (Å²) >= 11 is 0. The lowest BCUT2D eigenvalue weighted by Gasteiger charge is -2.30. The molecule has 2 nitrogen and oxygen atoms in total. The zero-order valence-corrected chi connectivity index (χ0v) is 36.1. The van der Waals surface area contributed by atoms with E-state index in [1.807, 2.05) is 0 Å². The maximum absolute atomic E-state index is 7.26. The van der Waals surface area contributed by atoms with Crippen LogP contribution in [0.2, 0.25) is 0 Å². The fourth-order valence-corrected chi connectivity index (χ4v) is 11.6. The third-order valence-corrected chi connectivity index (χ3v) is 14.6. The molecule has 1 aliphatic carbocycles. The normalized spacial score (nSPS) is 13.2. The highest BCUT2D eigenvalue weighted by molar-refractivity contribution is 6.27. The van der Waals surface area contributed by atoms with Gasteiger partial charge in [-0.2, -0.15) is 0 Å². The van der Waals surface area contributed by atoms with Crippen molar-refractivity contribution in [3.05, 3.63) is 223 Å². The molecule has 65 heavy (non-hydrogen) atoms. The first-order valence-electron chi connectivity index (χ1n) is 22.7. The first kappa shape index (κ1) is 36.3. The number of fused-ring (bicyclic) bond motifs is 16. The maximum atomic E-state index is 7.26. The van der Waals surface area contributed by atoms with E-state index >= 15 is 0 Å². The van der Waals surface area contributed by atoms with Gasteiger partial charge in [-0.05, 0) is 130 Å². The lowest BCUT2D eigenvalue weighted by Crippen LogP contribution is -2.16. The lowest BCUT2D eigenvalue weighted by molar-refractivity contribution is 0.660. The molecular formula is C63H41NO. The van der Waals surface area contributed by atoms with Crippen molar-refractivity contribution in [2.24, 2.45) is 0 Å². The van der Waals surface area contributed by atoms with E-state index < -0.39 is 0 Å². The first-order valence-corrected chi connectivity index (χ1v) is 22.7. The standard InChI is InChI=1S/C63H41NO/c1-63(2)55-27-14-13-25-50(55)51-33-31-41(37-56(51)63)64(58-36-39-17-3-5-18-42(39)44-20-11-12-26-52(44)58)57-28-15-29-59-61(57)54-34-38-16-4-6-19-43(38)60(62(54)65-59)40-30-32-49-47-23-8-7-21-45(47)46-22-9-10-24-48(46)53(49)35-40/h3-37H,1-2H3. The Morgan fingerprint density at radius 1 is 0.369 bits per heavy atom. The predicted octanol–water partition coefficient (Wildman–Crippen LogP) is 17.9. The van der Waals surface area contributed by atoms with Gasteiger partial charge >= 0.3 is 0 Å². The average molecular weight is 828 g/mol. The van der Waals surface area contributed by atoms with E-state index in [0.717, 1.165) is 50.1 Å². The van der Waals surface area contributed by atoms with Gasteiger partial charge in [-0.25, -0.2) is 0 Å². The molecule has 12 aromatic carbocycles. The van der Waals surface area contributed by atoms with Gasteiger partial charge in [-0.1, -0.05) is 184 Å². The molecule has 0 saturated carbocycles. The van der Waals surface area contributed by atoms with Crippen LogP contribution in [0, 0.1) is 0 Å². The van der Waals surface area contributed by atoms with E-state index in [0.29, 0.717) is 0 Å². The highest BCUT2D eigenvalue weighted by Gasteiger charge is 2.36. The summed E-state index contributed by atoms with van der Waals surface area (Å²) in [4.78, 5) is 2.51. The summed E-state index contributed by atoms with van der Waals surface area (Å²) in [6, 6.07) is 78.5. The molecule has 14 rings (SSSR count). The maximum Gasteiger partial charge on any atom is 0.143 e. The van der Waals surface area contributed by atoms with Gasteiger partial charge < -0.3 is 9.32 Å². The van der Waals surface area contributed by atoms with E-state index in [-0.39, 0.29) is 5.41 Å². The third kappa shape index (κ3) is 5.11. The number of benzene rings is 12. The predicted molar refractivity (Wildman–Crippen MR) is 276 cm³/mol. The Morgan fingerprint density at radius 3 is 1.68 bits per heavy atom. The van der Waals surface area contributed by atoms with Crippen LogP contribution < -0.4 is 4.90 Å². The van der Waals surface area contributed by atoms with Gasteiger partial charge in [0.2, 0.25) is 0 Å². The third-order valence-electron chi connectivity index (χ3n) is 14.6. The van der Waals surface area contributed by atoms with Gasteiger partial charge in [0.05, 0.1) is 16.8 Å². The van der Waals surface area contributed by atoms with Crippen LogP contribution in [0.25, 0.3) is 109 Å². The van der Waals surface area contributed by atoms with Crippen LogP contribution in [0.3, 0.4) is 0 Å². The molecule has 2 heteroatoms. The molecule has 0 saturated heterocycles. The highest BCUT2D eigenvalue weighted by Crippen LogP contribution is 2.53. The van der Waals surface area contributed by atoms with Crippen LogP contribution in [0.15, 0.2) is 217 Å². The van der Waals surface area contributed by atoms with Gasteiger partial charge in [0.1, 0.15) is 11.2 Å². The Bertz CT molecular complexity index is 4130.